The van der Waals surface area contributed by atoms with E-state index in [0.717, 1.165) is 30.5 Å². The van der Waals surface area contributed by atoms with Crippen LogP contribution < -0.4 is 0 Å². The summed E-state index contributed by atoms with van der Waals surface area (Å²) in [6.07, 6.45) is -2.28. The number of halogens is 4. The average molecular weight is 391 g/mol. The molecule has 3 aromatic rings. The maximum absolute atomic E-state index is 13.0. The van der Waals surface area contributed by atoms with Crippen LogP contribution in [0.4, 0.5) is 17.6 Å². The maximum Gasteiger partial charge on any atom is 0.416 e. The van der Waals surface area contributed by atoms with Gasteiger partial charge < -0.3 is 4.52 Å². The van der Waals surface area contributed by atoms with Crippen LogP contribution in [0.15, 0.2) is 53.1 Å². The number of hydrogen-bond acceptors (Lipinski definition) is 4. The molecular weight excluding hydrogens is 374 g/mol. The van der Waals surface area contributed by atoms with Gasteiger partial charge in [0.1, 0.15) is 5.82 Å². The second-order valence-corrected chi connectivity index (χ2v) is 6.85. The van der Waals surface area contributed by atoms with Crippen molar-refractivity contribution in [2.75, 3.05) is 0 Å². The Morgan fingerprint density at radius 2 is 1.64 bits per heavy atom. The number of alkyl halides is 3. The van der Waals surface area contributed by atoms with E-state index in [1.807, 2.05) is 0 Å². The largest absolute Gasteiger partial charge is 0.416 e. The molecule has 1 aromatic heterocycles. The fourth-order valence-corrected chi connectivity index (χ4v) is 3.00. The Morgan fingerprint density at radius 1 is 0.964 bits per heavy atom. The molecule has 2 aromatic carbocycles. The van der Waals surface area contributed by atoms with Gasteiger partial charge in [0.15, 0.2) is 0 Å². The standard InChI is InChI=1S/C20H17F4N3O/c21-16-7-3-14(4-8-16)19-25-18(28-26-19)12-27(17-9-10-17)11-13-1-5-15(6-2-13)20(22,23)24/h1-8,17H,9-12H2. The molecule has 0 unspecified atom stereocenters. The number of benzene rings is 2. The SMILES string of the molecule is Fc1ccc(-c2noc(CN(Cc3ccc(C(F)(F)F)cc3)C3CC3)n2)cc1. The minimum atomic E-state index is -4.34. The van der Waals surface area contributed by atoms with Gasteiger partial charge in [-0.15, -0.1) is 0 Å². The van der Waals surface area contributed by atoms with E-state index in [-0.39, 0.29) is 5.82 Å². The second kappa shape index (κ2) is 7.35. The topological polar surface area (TPSA) is 42.2 Å². The molecule has 0 N–H and O–H groups in total. The van der Waals surface area contributed by atoms with Crippen LogP contribution in [0, 0.1) is 5.82 Å². The Hall–Kier alpha value is -2.74. The lowest BCUT2D eigenvalue weighted by Gasteiger charge is -2.20. The number of hydrogen-bond donors (Lipinski definition) is 0. The van der Waals surface area contributed by atoms with Gasteiger partial charge in [0.05, 0.1) is 12.1 Å². The Morgan fingerprint density at radius 3 is 2.25 bits per heavy atom. The van der Waals surface area contributed by atoms with Gasteiger partial charge in [-0.1, -0.05) is 17.3 Å². The smallest absolute Gasteiger partial charge is 0.338 e. The van der Waals surface area contributed by atoms with E-state index in [2.05, 4.69) is 15.0 Å². The molecule has 0 bridgehead atoms. The van der Waals surface area contributed by atoms with Crippen molar-refractivity contribution < 1.29 is 22.1 Å². The number of nitrogens with zero attached hydrogens (tertiary/aromatic N) is 3. The Bertz CT molecular complexity index is 931. The molecular formula is C20H17F4N3O. The van der Waals surface area contributed by atoms with Crippen molar-refractivity contribution in [1.29, 1.82) is 0 Å². The van der Waals surface area contributed by atoms with Gasteiger partial charge in [-0.25, -0.2) is 4.39 Å². The van der Waals surface area contributed by atoms with Crippen LogP contribution in [-0.2, 0) is 19.3 Å². The van der Waals surface area contributed by atoms with Crippen molar-refractivity contribution >= 4 is 0 Å². The molecule has 0 aliphatic heterocycles. The number of rotatable bonds is 6. The van der Waals surface area contributed by atoms with E-state index < -0.39 is 11.7 Å². The molecule has 0 radical (unpaired) electrons. The summed E-state index contributed by atoms with van der Waals surface area (Å²) in [6, 6.07) is 11.3. The van der Waals surface area contributed by atoms with E-state index in [1.54, 1.807) is 12.1 Å². The lowest BCUT2D eigenvalue weighted by molar-refractivity contribution is -0.137. The van der Waals surface area contributed by atoms with Gasteiger partial charge >= 0.3 is 6.18 Å². The molecule has 0 atom stereocenters. The van der Waals surface area contributed by atoms with E-state index >= 15 is 0 Å². The molecule has 0 amide bonds. The summed E-state index contributed by atoms with van der Waals surface area (Å²) < 4.78 is 56.5. The van der Waals surface area contributed by atoms with Crippen molar-refractivity contribution in [2.45, 2.75) is 38.1 Å². The Kier molecular flexibility index (Phi) is 4.89. The number of aromatic nitrogens is 2. The fraction of sp³-hybridized carbons (Fsp3) is 0.300. The van der Waals surface area contributed by atoms with Crippen molar-refractivity contribution in [3.8, 4) is 11.4 Å². The lowest BCUT2D eigenvalue weighted by atomic mass is 10.1. The quantitative estimate of drug-likeness (QED) is 0.551. The van der Waals surface area contributed by atoms with Crippen LogP contribution in [0.25, 0.3) is 11.4 Å². The summed E-state index contributed by atoms with van der Waals surface area (Å²) in [7, 11) is 0. The van der Waals surface area contributed by atoms with Crippen molar-refractivity contribution in [3.63, 3.8) is 0 Å². The van der Waals surface area contributed by atoms with E-state index in [9.17, 15) is 17.6 Å². The molecule has 4 nitrogen and oxygen atoms in total. The molecule has 1 fully saturated rings. The highest BCUT2D eigenvalue weighted by atomic mass is 19.4. The highest BCUT2D eigenvalue weighted by Crippen LogP contribution is 2.32. The average Bonchev–Trinajstić information content (AvgIpc) is 3.41. The van der Waals surface area contributed by atoms with E-state index in [1.165, 1.54) is 24.3 Å². The zero-order valence-corrected chi connectivity index (χ0v) is 14.8. The first kappa shape index (κ1) is 18.6. The minimum Gasteiger partial charge on any atom is -0.338 e. The van der Waals surface area contributed by atoms with Gasteiger partial charge in [0.25, 0.3) is 0 Å². The summed E-state index contributed by atoms with van der Waals surface area (Å²) in [4.78, 5) is 6.47. The third-order valence-corrected chi connectivity index (χ3v) is 4.64. The third-order valence-electron chi connectivity index (χ3n) is 4.64. The normalized spacial score (nSPS) is 14.6. The second-order valence-electron chi connectivity index (χ2n) is 6.85. The van der Waals surface area contributed by atoms with Crippen LogP contribution in [0.5, 0.6) is 0 Å². The Balaban J connectivity index is 1.45. The molecule has 1 heterocycles. The van der Waals surface area contributed by atoms with Crippen molar-refractivity contribution in [1.82, 2.24) is 15.0 Å². The molecule has 8 heteroatoms. The molecule has 4 rings (SSSR count). The highest BCUT2D eigenvalue weighted by molar-refractivity contribution is 5.53. The minimum absolute atomic E-state index is 0.344. The molecule has 1 aliphatic carbocycles. The van der Waals surface area contributed by atoms with Gasteiger partial charge in [0, 0.05) is 18.2 Å². The summed E-state index contributed by atoms with van der Waals surface area (Å²) in [5.41, 5.74) is 0.783. The third kappa shape index (κ3) is 4.39. The van der Waals surface area contributed by atoms with Gasteiger partial charge in [-0.2, -0.15) is 18.2 Å². The highest BCUT2D eigenvalue weighted by Gasteiger charge is 2.32. The molecule has 1 saturated carbocycles. The van der Waals surface area contributed by atoms with E-state index in [0.29, 0.717) is 36.4 Å². The molecule has 0 saturated heterocycles. The van der Waals surface area contributed by atoms with Gasteiger partial charge in [-0.3, -0.25) is 4.90 Å². The summed E-state index contributed by atoms with van der Waals surface area (Å²) >= 11 is 0. The predicted molar refractivity (Wildman–Crippen MR) is 93.4 cm³/mol. The first-order valence-corrected chi connectivity index (χ1v) is 8.87. The van der Waals surface area contributed by atoms with Crippen molar-refractivity contribution in [3.05, 3.63) is 71.4 Å². The van der Waals surface area contributed by atoms with Crippen molar-refractivity contribution in [2.24, 2.45) is 0 Å². The first-order chi connectivity index (χ1) is 13.4. The monoisotopic (exact) mass is 391 g/mol. The molecule has 28 heavy (non-hydrogen) atoms. The Labute approximate surface area is 158 Å². The van der Waals surface area contributed by atoms with Crippen LogP contribution >= 0.6 is 0 Å². The van der Waals surface area contributed by atoms with Gasteiger partial charge in [-0.05, 0) is 54.8 Å². The van der Waals surface area contributed by atoms with Crippen LogP contribution in [0.1, 0.15) is 29.9 Å². The summed E-state index contributed by atoms with van der Waals surface area (Å²) in [5.74, 6) is 0.447. The first-order valence-electron chi connectivity index (χ1n) is 8.87. The zero-order chi connectivity index (χ0) is 19.7. The van der Waals surface area contributed by atoms with E-state index in [4.69, 9.17) is 4.52 Å². The molecule has 0 spiro atoms. The zero-order valence-electron chi connectivity index (χ0n) is 14.8. The lowest BCUT2D eigenvalue weighted by Crippen LogP contribution is -2.25. The van der Waals surface area contributed by atoms with Crippen LogP contribution in [0.2, 0.25) is 0 Å². The molecule has 146 valence electrons. The van der Waals surface area contributed by atoms with Crippen LogP contribution in [0.3, 0.4) is 0 Å². The summed E-state index contributed by atoms with van der Waals surface area (Å²) in [6.45, 7) is 0.900. The fourth-order valence-electron chi connectivity index (χ4n) is 3.00. The van der Waals surface area contributed by atoms with Crippen LogP contribution in [-0.4, -0.2) is 21.1 Å². The predicted octanol–water partition coefficient (Wildman–Crippen LogP) is 5.06. The summed E-state index contributed by atoms with van der Waals surface area (Å²) in [5, 5.41) is 3.93. The van der Waals surface area contributed by atoms with Gasteiger partial charge in [0.2, 0.25) is 11.7 Å². The maximum atomic E-state index is 13.0. The molecule has 1 aliphatic rings.